The zero-order valence-electron chi connectivity index (χ0n) is 18.7. The van der Waals surface area contributed by atoms with Crippen molar-refractivity contribution in [3.05, 3.63) is 95.0 Å². The minimum absolute atomic E-state index is 0.0405. The summed E-state index contributed by atoms with van der Waals surface area (Å²) in [5.41, 5.74) is 2.00. The first-order valence-corrected chi connectivity index (χ1v) is 12.7. The van der Waals surface area contributed by atoms with Crippen molar-refractivity contribution in [1.29, 1.82) is 0 Å². The first-order valence-electron chi connectivity index (χ1n) is 10.5. The molecule has 0 fully saturated rings. The van der Waals surface area contributed by atoms with Crippen LogP contribution in [-0.2, 0) is 14.8 Å². The summed E-state index contributed by atoms with van der Waals surface area (Å²) in [6.07, 6.45) is 0. The molecule has 0 aliphatic carbocycles. The van der Waals surface area contributed by atoms with Gasteiger partial charge >= 0.3 is 0 Å². The average Bonchev–Trinajstić information content (AvgIpc) is 2.83. The maximum atomic E-state index is 13.7. The number of fused-ring (bicyclic) bond motifs is 1. The summed E-state index contributed by atoms with van der Waals surface area (Å²) >= 11 is 3.35. The number of hydrogen-bond acceptors (Lipinski definition) is 4. The number of anilines is 2. The van der Waals surface area contributed by atoms with Gasteiger partial charge in [-0.25, -0.2) is 8.42 Å². The Balaban J connectivity index is 1.69. The minimum Gasteiger partial charge on any atom is -0.496 e. The molecule has 4 rings (SSSR count). The van der Waals surface area contributed by atoms with Crippen molar-refractivity contribution in [2.24, 2.45) is 0 Å². The van der Waals surface area contributed by atoms with E-state index in [4.69, 9.17) is 4.74 Å². The van der Waals surface area contributed by atoms with Gasteiger partial charge in [0.05, 0.1) is 22.2 Å². The van der Waals surface area contributed by atoms with Crippen LogP contribution >= 0.6 is 15.9 Å². The number of nitrogens with one attached hydrogen (secondary N) is 1. The van der Waals surface area contributed by atoms with Crippen LogP contribution in [0.5, 0.6) is 5.75 Å². The monoisotopic (exact) mass is 538 g/mol. The van der Waals surface area contributed by atoms with Gasteiger partial charge in [-0.1, -0.05) is 54.1 Å². The van der Waals surface area contributed by atoms with Gasteiger partial charge in [0.15, 0.2) is 0 Å². The molecule has 4 aromatic carbocycles. The second-order valence-electron chi connectivity index (χ2n) is 7.72. The molecule has 0 unspecified atom stereocenters. The Bertz CT molecular complexity index is 1450. The number of ether oxygens (including phenoxy) is 1. The molecule has 1 N–H and O–H groups in total. The summed E-state index contributed by atoms with van der Waals surface area (Å²) in [5, 5.41) is 4.73. The number of aryl methyl sites for hydroxylation is 1. The van der Waals surface area contributed by atoms with Crippen molar-refractivity contribution in [1.82, 2.24) is 0 Å². The topological polar surface area (TPSA) is 75.7 Å². The molecule has 0 spiro atoms. The third kappa shape index (κ3) is 4.93. The molecule has 0 aliphatic heterocycles. The maximum absolute atomic E-state index is 13.7. The number of sulfonamides is 1. The molecule has 174 valence electrons. The second-order valence-corrected chi connectivity index (χ2v) is 10.4. The number of carbonyl (C=O) groups is 1. The van der Waals surface area contributed by atoms with E-state index in [9.17, 15) is 13.2 Å². The van der Waals surface area contributed by atoms with E-state index in [1.165, 1.54) is 19.2 Å². The van der Waals surface area contributed by atoms with Crippen molar-refractivity contribution < 1.29 is 17.9 Å². The van der Waals surface area contributed by atoms with Gasteiger partial charge in [0.25, 0.3) is 10.0 Å². The normalized spacial score (nSPS) is 11.3. The molecule has 0 heterocycles. The highest BCUT2D eigenvalue weighted by atomic mass is 79.9. The Hall–Kier alpha value is -3.36. The molecule has 0 atom stereocenters. The molecule has 8 heteroatoms. The zero-order valence-corrected chi connectivity index (χ0v) is 21.1. The fourth-order valence-electron chi connectivity index (χ4n) is 3.62. The van der Waals surface area contributed by atoms with Crippen LogP contribution in [0.15, 0.2) is 94.3 Å². The van der Waals surface area contributed by atoms with Crippen molar-refractivity contribution in [2.75, 3.05) is 23.3 Å². The Kier molecular flexibility index (Phi) is 6.90. The molecule has 6 nitrogen and oxygen atoms in total. The molecular weight excluding hydrogens is 516 g/mol. The molecule has 0 bridgehead atoms. The Labute approximate surface area is 207 Å². The van der Waals surface area contributed by atoms with E-state index >= 15 is 0 Å². The molecule has 0 saturated carbocycles. The van der Waals surface area contributed by atoms with Crippen LogP contribution in [0, 0.1) is 6.92 Å². The molecule has 0 radical (unpaired) electrons. The van der Waals surface area contributed by atoms with Crippen LogP contribution in [0.25, 0.3) is 10.8 Å². The first kappa shape index (κ1) is 23.8. The van der Waals surface area contributed by atoms with Crippen molar-refractivity contribution in [2.45, 2.75) is 11.8 Å². The van der Waals surface area contributed by atoms with Gasteiger partial charge in [-0.15, -0.1) is 0 Å². The average molecular weight is 539 g/mol. The number of amides is 1. The number of hydrogen-bond donors (Lipinski definition) is 1. The quantitative estimate of drug-likeness (QED) is 0.325. The van der Waals surface area contributed by atoms with Gasteiger partial charge in [-0.2, -0.15) is 0 Å². The third-order valence-corrected chi connectivity index (χ3v) is 7.77. The highest BCUT2D eigenvalue weighted by molar-refractivity contribution is 9.10. The summed E-state index contributed by atoms with van der Waals surface area (Å²) in [6, 6.07) is 24.8. The van der Waals surface area contributed by atoms with Crippen LogP contribution in [0.1, 0.15) is 5.56 Å². The zero-order chi connectivity index (χ0) is 24.3. The summed E-state index contributed by atoms with van der Waals surface area (Å²) in [4.78, 5) is 13.1. The highest BCUT2D eigenvalue weighted by Gasteiger charge is 2.28. The summed E-state index contributed by atoms with van der Waals surface area (Å²) in [5.74, 6) is 0.0580. The van der Waals surface area contributed by atoms with E-state index in [0.717, 1.165) is 20.6 Å². The summed E-state index contributed by atoms with van der Waals surface area (Å²) in [7, 11) is -2.55. The molecule has 34 heavy (non-hydrogen) atoms. The molecule has 0 saturated heterocycles. The van der Waals surface area contributed by atoms with E-state index in [0.29, 0.717) is 21.6 Å². The highest BCUT2D eigenvalue weighted by Crippen LogP contribution is 2.31. The third-order valence-electron chi connectivity index (χ3n) is 5.38. The lowest BCUT2D eigenvalue weighted by Gasteiger charge is -2.24. The summed E-state index contributed by atoms with van der Waals surface area (Å²) in [6.45, 7) is 1.52. The second kappa shape index (κ2) is 9.87. The minimum atomic E-state index is -4.06. The van der Waals surface area contributed by atoms with Gasteiger partial charge < -0.3 is 10.1 Å². The van der Waals surface area contributed by atoms with Crippen LogP contribution < -0.4 is 14.4 Å². The van der Waals surface area contributed by atoms with Gasteiger partial charge in [0, 0.05) is 11.1 Å². The van der Waals surface area contributed by atoms with Crippen LogP contribution in [0.3, 0.4) is 0 Å². The standard InChI is InChI=1S/C26H23BrN2O4S/c1-18-10-12-20(13-11-18)29(34(31,32)21-14-15-25(33-2)23(27)16-21)17-26(30)28-24-9-5-7-19-6-3-4-8-22(19)24/h3-16H,17H2,1-2H3,(H,28,30). The van der Waals surface area contributed by atoms with E-state index in [1.807, 2.05) is 55.5 Å². The lowest BCUT2D eigenvalue weighted by atomic mass is 10.1. The summed E-state index contributed by atoms with van der Waals surface area (Å²) < 4.78 is 34.1. The van der Waals surface area contributed by atoms with Crippen molar-refractivity contribution in [3.63, 3.8) is 0 Å². The van der Waals surface area contributed by atoms with Crippen LogP contribution in [0.2, 0.25) is 0 Å². The van der Waals surface area contributed by atoms with Gasteiger partial charge in [0.1, 0.15) is 12.3 Å². The van der Waals surface area contributed by atoms with Crippen LogP contribution in [0.4, 0.5) is 11.4 Å². The lowest BCUT2D eigenvalue weighted by molar-refractivity contribution is -0.114. The van der Waals surface area contributed by atoms with E-state index in [2.05, 4.69) is 21.2 Å². The predicted octanol–water partition coefficient (Wildman–Crippen LogP) is 5.75. The maximum Gasteiger partial charge on any atom is 0.264 e. The molecule has 0 aromatic heterocycles. The first-order chi connectivity index (χ1) is 16.3. The van der Waals surface area contributed by atoms with Gasteiger partial charge in [-0.05, 0) is 64.6 Å². The number of methoxy groups -OCH3 is 1. The van der Waals surface area contributed by atoms with E-state index in [1.54, 1.807) is 24.3 Å². The van der Waals surface area contributed by atoms with Crippen molar-refractivity contribution >= 4 is 54.0 Å². The molecular formula is C26H23BrN2O4S. The number of carbonyl (C=O) groups excluding carboxylic acids is 1. The van der Waals surface area contributed by atoms with Crippen molar-refractivity contribution in [3.8, 4) is 5.75 Å². The fraction of sp³-hybridized carbons (Fsp3) is 0.115. The molecule has 1 amide bonds. The number of benzene rings is 4. The SMILES string of the molecule is COc1ccc(S(=O)(=O)N(CC(=O)Nc2cccc3ccccc23)c2ccc(C)cc2)cc1Br. The fourth-order valence-corrected chi connectivity index (χ4v) is 5.76. The molecule has 4 aromatic rings. The number of halogens is 1. The largest absolute Gasteiger partial charge is 0.496 e. The van der Waals surface area contributed by atoms with Gasteiger partial charge in [-0.3, -0.25) is 9.10 Å². The number of rotatable bonds is 7. The Morgan fingerprint density at radius 2 is 1.68 bits per heavy atom. The van der Waals surface area contributed by atoms with E-state index in [-0.39, 0.29) is 4.90 Å². The van der Waals surface area contributed by atoms with E-state index < -0.39 is 22.5 Å². The Morgan fingerprint density at radius 3 is 2.38 bits per heavy atom. The van der Waals surface area contributed by atoms with Gasteiger partial charge in [0.2, 0.25) is 5.91 Å². The lowest BCUT2D eigenvalue weighted by Crippen LogP contribution is -2.38. The smallest absolute Gasteiger partial charge is 0.264 e. The molecule has 0 aliphatic rings. The Morgan fingerprint density at radius 1 is 0.971 bits per heavy atom. The van der Waals surface area contributed by atoms with Crippen LogP contribution in [-0.4, -0.2) is 28.0 Å². The number of nitrogens with zero attached hydrogens (tertiary/aromatic N) is 1. The predicted molar refractivity (Wildman–Crippen MR) is 139 cm³/mol.